The SMILES string of the molecule is CS(=O)CCn1c(CCl)nc2cc(Br)ccc21. The Balaban J connectivity index is 2.47. The zero-order chi connectivity index (χ0) is 12.4. The maximum Gasteiger partial charge on any atom is 0.124 e. The summed E-state index contributed by atoms with van der Waals surface area (Å²) in [6.45, 7) is 0.684. The smallest absolute Gasteiger partial charge is 0.124 e. The minimum atomic E-state index is -0.809. The van der Waals surface area contributed by atoms with Gasteiger partial charge in [-0.15, -0.1) is 11.6 Å². The number of hydrogen-bond donors (Lipinski definition) is 0. The first-order valence-corrected chi connectivity index (χ1v) is 8.18. The van der Waals surface area contributed by atoms with Crippen molar-refractivity contribution in [2.75, 3.05) is 12.0 Å². The van der Waals surface area contributed by atoms with E-state index in [4.69, 9.17) is 11.6 Å². The number of benzene rings is 1. The van der Waals surface area contributed by atoms with E-state index < -0.39 is 10.8 Å². The summed E-state index contributed by atoms with van der Waals surface area (Å²) < 4.78 is 14.2. The van der Waals surface area contributed by atoms with E-state index in [0.29, 0.717) is 18.2 Å². The van der Waals surface area contributed by atoms with Crippen LogP contribution in [0.2, 0.25) is 0 Å². The number of rotatable bonds is 4. The first kappa shape index (κ1) is 13.1. The Morgan fingerprint density at radius 1 is 1.53 bits per heavy atom. The molecule has 0 saturated carbocycles. The van der Waals surface area contributed by atoms with Gasteiger partial charge < -0.3 is 4.57 Å². The van der Waals surface area contributed by atoms with E-state index in [2.05, 4.69) is 20.9 Å². The molecule has 1 unspecified atom stereocenters. The lowest BCUT2D eigenvalue weighted by molar-refractivity contribution is 0.676. The highest BCUT2D eigenvalue weighted by Crippen LogP contribution is 2.21. The maximum absolute atomic E-state index is 11.2. The molecule has 0 amide bonds. The summed E-state index contributed by atoms with van der Waals surface area (Å²) in [6, 6.07) is 5.94. The van der Waals surface area contributed by atoms with Gasteiger partial charge in [0.1, 0.15) is 5.82 Å². The fourth-order valence-electron chi connectivity index (χ4n) is 1.72. The lowest BCUT2D eigenvalue weighted by Crippen LogP contribution is -2.09. The van der Waals surface area contributed by atoms with Crippen LogP contribution in [0.25, 0.3) is 11.0 Å². The van der Waals surface area contributed by atoms with Crippen LogP contribution in [0.4, 0.5) is 0 Å². The lowest BCUT2D eigenvalue weighted by atomic mass is 10.3. The van der Waals surface area contributed by atoms with Gasteiger partial charge in [0.25, 0.3) is 0 Å². The van der Waals surface area contributed by atoms with Crippen LogP contribution in [0.3, 0.4) is 0 Å². The molecule has 0 bridgehead atoms. The standard InChI is InChI=1S/C11H12BrClN2OS/c1-17(16)5-4-15-10-3-2-8(12)6-9(10)14-11(15)7-13/h2-3,6H,4-5,7H2,1H3. The van der Waals surface area contributed by atoms with E-state index in [-0.39, 0.29) is 0 Å². The zero-order valence-electron chi connectivity index (χ0n) is 9.32. The monoisotopic (exact) mass is 334 g/mol. The van der Waals surface area contributed by atoms with Gasteiger partial charge in [0.05, 0.1) is 16.9 Å². The zero-order valence-corrected chi connectivity index (χ0v) is 12.5. The molecule has 1 atom stereocenters. The summed E-state index contributed by atoms with van der Waals surface area (Å²) in [5, 5.41) is 0. The molecule has 3 nitrogen and oxygen atoms in total. The molecular weight excluding hydrogens is 324 g/mol. The molecule has 1 aromatic heterocycles. The summed E-state index contributed by atoms with van der Waals surface area (Å²) in [5.41, 5.74) is 1.95. The van der Waals surface area contributed by atoms with Crippen LogP contribution in [0.1, 0.15) is 5.82 Å². The Morgan fingerprint density at radius 3 is 2.94 bits per heavy atom. The summed E-state index contributed by atoms with van der Waals surface area (Å²) in [4.78, 5) is 4.47. The van der Waals surface area contributed by atoms with Crippen molar-refractivity contribution >= 4 is 49.4 Å². The fourth-order valence-corrected chi connectivity index (χ4v) is 2.72. The Hall–Kier alpha value is -0.390. The van der Waals surface area contributed by atoms with Gasteiger partial charge in [-0.1, -0.05) is 15.9 Å². The molecule has 0 fully saturated rings. The predicted octanol–water partition coefficient (Wildman–Crippen LogP) is 2.92. The third-order valence-corrected chi connectivity index (χ3v) is 4.00. The average molecular weight is 336 g/mol. The van der Waals surface area contributed by atoms with E-state index in [0.717, 1.165) is 21.3 Å². The van der Waals surface area contributed by atoms with Crippen molar-refractivity contribution < 1.29 is 4.21 Å². The summed E-state index contributed by atoms with van der Waals surface area (Å²) in [6.07, 6.45) is 1.70. The Morgan fingerprint density at radius 2 is 2.29 bits per heavy atom. The number of hydrogen-bond acceptors (Lipinski definition) is 2. The molecule has 0 aliphatic carbocycles. The Labute approximate surface area is 116 Å². The normalized spacial score (nSPS) is 13.1. The minimum absolute atomic E-state index is 0.364. The maximum atomic E-state index is 11.2. The molecule has 17 heavy (non-hydrogen) atoms. The van der Waals surface area contributed by atoms with Gasteiger partial charge in [0, 0.05) is 33.8 Å². The predicted molar refractivity (Wildman–Crippen MR) is 75.9 cm³/mol. The number of halogens is 2. The number of aryl methyl sites for hydroxylation is 1. The first-order valence-electron chi connectivity index (χ1n) is 5.12. The number of aromatic nitrogens is 2. The van der Waals surface area contributed by atoms with Crippen LogP contribution in [-0.2, 0) is 23.2 Å². The number of fused-ring (bicyclic) bond motifs is 1. The molecule has 0 saturated heterocycles. The van der Waals surface area contributed by atoms with Crippen molar-refractivity contribution in [1.82, 2.24) is 9.55 Å². The molecule has 0 radical (unpaired) electrons. The van der Waals surface area contributed by atoms with E-state index in [1.165, 1.54) is 0 Å². The van der Waals surface area contributed by atoms with Crippen LogP contribution in [0.15, 0.2) is 22.7 Å². The van der Waals surface area contributed by atoms with E-state index in [9.17, 15) is 4.21 Å². The van der Waals surface area contributed by atoms with Crippen molar-refractivity contribution in [1.29, 1.82) is 0 Å². The highest BCUT2D eigenvalue weighted by molar-refractivity contribution is 9.10. The summed E-state index contributed by atoms with van der Waals surface area (Å²) in [7, 11) is -0.809. The van der Waals surface area contributed by atoms with Gasteiger partial charge in [-0.3, -0.25) is 4.21 Å². The first-order chi connectivity index (χ1) is 8.11. The summed E-state index contributed by atoms with van der Waals surface area (Å²) in [5.74, 6) is 1.80. The van der Waals surface area contributed by atoms with Gasteiger partial charge in [0.2, 0.25) is 0 Å². The van der Waals surface area contributed by atoms with Crippen LogP contribution < -0.4 is 0 Å². The van der Waals surface area contributed by atoms with Crippen LogP contribution >= 0.6 is 27.5 Å². The van der Waals surface area contributed by atoms with Crippen LogP contribution in [-0.4, -0.2) is 25.8 Å². The molecule has 2 rings (SSSR count). The molecule has 1 aromatic carbocycles. The third kappa shape index (κ3) is 2.89. The molecule has 0 spiro atoms. The molecule has 1 heterocycles. The molecular formula is C11H12BrClN2OS. The second kappa shape index (κ2) is 5.50. The van der Waals surface area contributed by atoms with Gasteiger partial charge in [0.15, 0.2) is 0 Å². The Bertz CT molecular complexity index is 570. The summed E-state index contributed by atoms with van der Waals surface area (Å²) >= 11 is 9.31. The fraction of sp³-hybridized carbons (Fsp3) is 0.364. The molecule has 6 heteroatoms. The topological polar surface area (TPSA) is 34.9 Å². The van der Waals surface area contributed by atoms with Crippen LogP contribution in [0, 0.1) is 0 Å². The highest BCUT2D eigenvalue weighted by atomic mass is 79.9. The van der Waals surface area contributed by atoms with Crippen molar-refractivity contribution in [2.24, 2.45) is 0 Å². The molecule has 2 aromatic rings. The molecule has 0 aliphatic heterocycles. The lowest BCUT2D eigenvalue weighted by Gasteiger charge is -2.06. The number of nitrogens with zero attached hydrogens (tertiary/aromatic N) is 2. The van der Waals surface area contributed by atoms with Crippen molar-refractivity contribution in [3.05, 3.63) is 28.5 Å². The molecule has 92 valence electrons. The quantitative estimate of drug-likeness (QED) is 0.805. The van der Waals surface area contributed by atoms with Crippen molar-refractivity contribution in [3.63, 3.8) is 0 Å². The Kier molecular flexibility index (Phi) is 4.22. The van der Waals surface area contributed by atoms with E-state index in [1.54, 1.807) is 6.26 Å². The van der Waals surface area contributed by atoms with Gasteiger partial charge in [-0.25, -0.2) is 4.98 Å². The van der Waals surface area contributed by atoms with Crippen molar-refractivity contribution in [2.45, 2.75) is 12.4 Å². The van der Waals surface area contributed by atoms with E-state index >= 15 is 0 Å². The molecule has 0 aliphatic rings. The third-order valence-electron chi connectivity index (χ3n) is 2.51. The highest BCUT2D eigenvalue weighted by Gasteiger charge is 2.10. The second-order valence-electron chi connectivity index (χ2n) is 3.72. The van der Waals surface area contributed by atoms with E-state index in [1.807, 2.05) is 22.8 Å². The molecule has 0 N–H and O–H groups in total. The van der Waals surface area contributed by atoms with Gasteiger partial charge in [-0.2, -0.15) is 0 Å². The largest absolute Gasteiger partial charge is 0.326 e. The van der Waals surface area contributed by atoms with Gasteiger partial charge in [-0.05, 0) is 18.2 Å². The minimum Gasteiger partial charge on any atom is -0.326 e. The second-order valence-corrected chi connectivity index (χ2v) is 6.46. The number of imidazole rings is 1. The van der Waals surface area contributed by atoms with Crippen molar-refractivity contribution in [3.8, 4) is 0 Å². The van der Waals surface area contributed by atoms with Gasteiger partial charge >= 0.3 is 0 Å². The average Bonchev–Trinajstić information content (AvgIpc) is 2.63. The number of alkyl halides is 1. The van der Waals surface area contributed by atoms with Crippen LogP contribution in [0.5, 0.6) is 0 Å².